The molecule has 2 fully saturated rings. The lowest BCUT2D eigenvalue weighted by molar-refractivity contribution is -0.0565. The topological polar surface area (TPSA) is 73.8 Å². The van der Waals surface area contributed by atoms with Crippen molar-refractivity contribution in [2.45, 2.75) is 87.9 Å². The Morgan fingerprint density at radius 3 is 2.76 bits per heavy atom. The molecule has 9 heteroatoms. The molecule has 1 aliphatic carbocycles. The molecule has 3 atom stereocenters. The van der Waals surface area contributed by atoms with Crippen LogP contribution in [0.4, 0.5) is 13.6 Å². The number of piperidine rings is 1. The van der Waals surface area contributed by atoms with E-state index in [2.05, 4.69) is 10.6 Å². The normalized spacial score (nSPS) is 22.3. The Hall–Kier alpha value is -1.48. The van der Waals surface area contributed by atoms with E-state index in [1.165, 1.54) is 6.07 Å². The minimum absolute atomic E-state index is 0.0758. The van der Waals surface area contributed by atoms with E-state index >= 15 is 4.39 Å². The first-order valence-corrected chi connectivity index (χ1v) is 14.1. The van der Waals surface area contributed by atoms with Crippen LogP contribution in [0.2, 0.25) is 5.02 Å². The zero-order valence-electron chi connectivity index (χ0n) is 22.3. The molecule has 3 rings (SSSR count). The van der Waals surface area contributed by atoms with Crippen molar-refractivity contribution in [3.8, 4) is 0 Å². The summed E-state index contributed by atoms with van der Waals surface area (Å²) in [5.41, 5.74) is -2.27. The van der Waals surface area contributed by atoms with Gasteiger partial charge in [0.25, 0.3) is 0 Å². The number of likely N-dealkylation sites (N-methyl/N-ethyl adjacent to an activating group) is 1. The van der Waals surface area contributed by atoms with E-state index in [0.29, 0.717) is 76.8 Å². The fraction of sp³-hybridized carbons (Fsp3) is 0.750. The summed E-state index contributed by atoms with van der Waals surface area (Å²) >= 11 is 6.35. The third-order valence-corrected chi connectivity index (χ3v) is 8.48. The van der Waals surface area contributed by atoms with Crippen LogP contribution in [0.5, 0.6) is 0 Å². The molecule has 0 bridgehead atoms. The highest BCUT2D eigenvalue weighted by Crippen LogP contribution is 2.43. The molecule has 2 amide bonds. The minimum atomic E-state index is -1.39. The summed E-state index contributed by atoms with van der Waals surface area (Å²) in [6, 6.07) is 3.94. The molecular weight excluding hydrogens is 500 g/mol. The number of nitrogens with zero attached hydrogens (tertiary/aromatic N) is 1. The first kappa shape index (κ1) is 30.1. The number of rotatable bonds is 12. The summed E-state index contributed by atoms with van der Waals surface area (Å²) in [7, 11) is 3.43. The van der Waals surface area contributed by atoms with Crippen LogP contribution in [0, 0.1) is 11.7 Å². The SMILES string of the molecule is CNCC(CC1(F)CCCCC1)NC(=O)N1CCCC(C(O)(CCCCOC)c2cccc(F)c2Cl)C1. The third kappa shape index (κ3) is 8.01. The lowest BCUT2D eigenvalue weighted by Gasteiger charge is -2.43. The maximum absolute atomic E-state index is 15.4. The van der Waals surface area contributed by atoms with E-state index in [4.69, 9.17) is 16.3 Å². The van der Waals surface area contributed by atoms with Gasteiger partial charge in [0.1, 0.15) is 11.5 Å². The number of unbranched alkanes of at least 4 members (excludes halogenated alkanes) is 1. The Morgan fingerprint density at radius 2 is 2.05 bits per heavy atom. The largest absolute Gasteiger partial charge is 0.385 e. The molecule has 0 radical (unpaired) electrons. The van der Waals surface area contributed by atoms with Crippen LogP contribution in [0.3, 0.4) is 0 Å². The molecule has 0 aromatic heterocycles. The molecule has 1 saturated heterocycles. The maximum atomic E-state index is 15.4. The van der Waals surface area contributed by atoms with Gasteiger partial charge in [-0.3, -0.25) is 0 Å². The quantitative estimate of drug-likeness (QED) is 0.302. The summed E-state index contributed by atoms with van der Waals surface area (Å²) < 4.78 is 35.0. The Kier molecular flexibility index (Phi) is 11.4. The molecule has 1 heterocycles. The van der Waals surface area contributed by atoms with Crippen molar-refractivity contribution in [1.82, 2.24) is 15.5 Å². The van der Waals surface area contributed by atoms with Crippen molar-refractivity contribution in [3.05, 3.63) is 34.6 Å². The summed E-state index contributed by atoms with van der Waals surface area (Å²) in [6.45, 7) is 1.91. The van der Waals surface area contributed by atoms with Gasteiger partial charge in [-0.15, -0.1) is 0 Å². The minimum Gasteiger partial charge on any atom is -0.385 e. The fourth-order valence-electron chi connectivity index (χ4n) is 6.11. The molecule has 1 aromatic rings. The van der Waals surface area contributed by atoms with Crippen molar-refractivity contribution >= 4 is 17.6 Å². The molecule has 3 unspecified atom stereocenters. The fourth-order valence-corrected chi connectivity index (χ4v) is 6.40. The monoisotopic (exact) mass is 543 g/mol. The smallest absolute Gasteiger partial charge is 0.317 e. The number of alkyl halides is 1. The van der Waals surface area contributed by atoms with Gasteiger partial charge in [0.05, 0.1) is 10.6 Å². The number of hydrogen-bond donors (Lipinski definition) is 3. The number of methoxy groups -OCH3 is 1. The first-order chi connectivity index (χ1) is 17.7. The van der Waals surface area contributed by atoms with Crippen LogP contribution in [0.25, 0.3) is 0 Å². The first-order valence-electron chi connectivity index (χ1n) is 13.8. The predicted octanol–water partition coefficient (Wildman–Crippen LogP) is 5.56. The second kappa shape index (κ2) is 14.1. The number of benzene rings is 1. The van der Waals surface area contributed by atoms with E-state index < -0.39 is 17.1 Å². The second-order valence-corrected chi connectivity index (χ2v) is 11.3. The summed E-state index contributed by atoms with van der Waals surface area (Å²) in [5, 5.41) is 18.1. The standard InChI is InChI=1S/C28H44ClF2N3O3/c1-32-19-22(18-27(31)13-4-3-5-14-27)33-26(35)34-16-9-10-21(20-34)28(36,15-6-7-17-37-2)23-11-8-12-24(30)25(23)29/h8,11-12,21-22,32,36H,3-7,9-10,13-20H2,1-2H3,(H,33,35). The van der Waals surface area contributed by atoms with Crippen LogP contribution < -0.4 is 10.6 Å². The number of urea groups is 1. The van der Waals surface area contributed by atoms with Crippen molar-refractivity contribution in [2.75, 3.05) is 40.4 Å². The Bertz CT molecular complexity index is 871. The van der Waals surface area contributed by atoms with Gasteiger partial charge in [0.2, 0.25) is 0 Å². The average molecular weight is 544 g/mol. The van der Waals surface area contributed by atoms with E-state index in [-0.39, 0.29) is 23.0 Å². The zero-order chi connectivity index (χ0) is 26.9. The number of amides is 2. The van der Waals surface area contributed by atoms with Gasteiger partial charge in [0.15, 0.2) is 0 Å². The number of nitrogens with one attached hydrogen (secondary N) is 2. The molecule has 1 aliphatic heterocycles. The number of aliphatic hydroxyl groups is 1. The van der Waals surface area contributed by atoms with Gasteiger partial charge >= 0.3 is 6.03 Å². The highest BCUT2D eigenvalue weighted by molar-refractivity contribution is 6.31. The number of ether oxygens (including phenoxy) is 1. The van der Waals surface area contributed by atoms with Gasteiger partial charge in [-0.1, -0.05) is 43.0 Å². The molecule has 2 aliphatic rings. The maximum Gasteiger partial charge on any atom is 0.317 e. The summed E-state index contributed by atoms with van der Waals surface area (Å²) in [4.78, 5) is 15.0. The Labute approximate surface area is 225 Å². The lowest BCUT2D eigenvalue weighted by Crippen LogP contribution is -2.54. The molecule has 1 saturated carbocycles. The Balaban J connectivity index is 1.74. The van der Waals surface area contributed by atoms with Crippen LogP contribution in [-0.4, -0.2) is 68.1 Å². The summed E-state index contributed by atoms with van der Waals surface area (Å²) in [6.07, 6.45) is 7.40. The molecular formula is C28H44ClF2N3O3. The summed E-state index contributed by atoms with van der Waals surface area (Å²) in [5.74, 6) is -0.889. The second-order valence-electron chi connectivity index (χ2n) is 10.9. The number of likely N-dealkylation sites (tertiary alicyclic amines) is 1. The van der Waals surface area contributed by atoms with Crippen molar-refractivity contribution < 1.29 is 23.4 Å². The molecule has 6 nitrogen and oxygen atoms in total. The third-order valence-electron chi connectivity index (χ3n) is 8.10. The van der Waals surface area contributed by atoms with Crippen molar-refractivity contribution in [2.24, 2.45) is 5.92 Å². The van der Waals surface area contributed by atoms with Crippen molar-refractivity contribution in [1.29, 1.82) is 0 Å². The Morgan fingerprint density at radius 1 is 1.30 bits per heavy atom. The van der Waals surface area contributed by atoms with E-state index in [0.717, 1.165) is 25.7 Å². The van der Waals surface area contributed by atoms with Crippen LogP contribution in [0.15, 0.2) is 18.2 Å². The van der Waals surface area contributed by atoms with Crippen LogP contribution in [-0.2, 0) is 10.3 Å². The molecule has 0 spiro atoms. The van der Waals surface area contributed by atoms with E-state index in [1.54, 1.807) is 31.2 Å². The van der Waals surface area contributed by atoms with Crippen molar-refractivity contribution in [3.63, 3.8) is 0 Å². The number of halogens is 3. The lowest BCUT2D eigenvalue weighted by atomic mass is 9.74. The molecule has 210 valence electrons. The van der Waals surface area contributed by atoms with Gasteiger partial charge in [-0.2, -0.15) is 0 Å². The highest BCUT2D eigenvalue weighted by atomic mass is 35.5. The number of carbonyl (C=O) groups is 1. The predicted molar refractivity (Wildman–Crippen MR) is 143 cm³/mol. The highest BCUT2D eigenvalue weighted by Gasteiger charge is 2.43. The zero-order valence-corrected chi connectivity index (χ0v) is 23.1. The van der Waals surface area contributed by atoms with Crippen LogP contribution >= 0.6 is 11.6 Å². The van der Waals surface area contributed by atoms with Gasteiger partial charge in [-0.25, -0.2) is 13.6 Å². The van der Waals surface area contributed by atoms with Crippen LogP contribution in [0.1, 0.15) is 76.2 Å². The van der Waals surface area contributed by atoms with Gasteiger partial charge < -0.3 is 25.4 Å². The van der Waals surface area contributed by atoms with Gasteiger partial charge in [0, 0.05) is 57.3 Å². The van der Waals surface area contributed by atoms with Gasteiger partial charge in [-0.05, 0) is 58.1 Å². The molecule has 3 N–H and O–H groups in total. The average Bonchev–Trinajstić information content (AvgIpc) is 2.88. The van der Waals surface area contributed by atoms with E-state index in [9.17, 15) is 14.3 Å². The molecule has 37 heavy (non-hydrogen) atoms. The number of carbonyl (C=O) groups excluding carboxylic acids is 1. The van der Waals surface area contributed by atoms with E-state index in [1.807, 2.05) is 0 Å². The molecule has 1 aromatic carbocycles. The number of hydrogen-bond acceptors (Lipinski definition) is 4.